The zero-order chi connectivity index (χ0) is 21.3. The highest BCUT2D eigenvalue weighted by Crippen LogP contribution is 2.39. The standard InChI is InChI=1S/C19H23N3O5S/c1-11-8-14(19(3,4)5)18(24)16(9-11)22-21-13-6-7-15(20-12(2)23)17(10-13)28(25,26)27/h6-10,24H,1-5H3,(H,20,23)(H,25,26,27). The third-order valence-corrected chi connectivity index (χ3v) is 4.76. The van der Waals surface area contributed by atoms with Crippen LogP contribution in [0.25, 0.3) is 0 Å². The Balaban J connectivity index is 2.51. The lowest BCUT2D eigenvalue weighted by Gasteiger charge is -2.21. The summed E-state index contributed by atoms with van der Waals surface area (Å²) in [5.41, 5.74) is 1.59. The minimum Gasteiger partial charge on any atom is -0.505 e. The van der Waals surface area contributed by atoms with E-state index in [1.165, 1.54) is 19.1 Å². The van der Waals surface area contributed by atoms with Gasteiger partial charge in [0.25, 0.3) is 10.1 Å². The van der Waals surface area contributed by atoms with Crippen LogP contribution in [0.4, 0.5) is 17.1 Å². The molecule has 0 aliphatic heterocycles. The summed E-state index contributed by atoms with van der Waals surface area (Å²) < 4.78 is 32.6. The smallest absolute Gasteiger partial charge is 0.296 e. The van der Waals surface area contributed by atoms with E-state index in [2.05, 4.69) is 15.5 Å². The van der Waals surface area contributed by atoms with Crippen LogP contribution >= 0.6 is 0 Å². The molecule has 150 valence electrons. The zero-order valence-electron chi connectivity index (χ0n) is 16.3. The van der Waals surface area contributed by atoms with Crippen molar-refractivity contribution in [2.24, 2.45) is 10.2 Å². The molecule has 0 bridgehead atoms. The first-order chi connectivity index (χ1) is 12.8. The molecule has 0 atom stereocenters. The van der Waals surface area contributed by atoms with Crippen LogP contribution < -0.4 is 5.32 Å². The number of hydrogen-bond donors (Lipinski definition) is 3. The molecule has 0 radical (unpaired) electrons. The normalized spacial score (nSPS) is 12.4. The number of rotatable bonds is 4. The number of nitrogens with one attached hydrogen (secondary N) is 1. The molecule has 0 aliphatic carbocycles. The number of anilines is 1. The number of carbonyl (C=O) groups excluding carboxylic acids is 1. The number of amides is 1. The molecule has 3 N–H and O–H groups in total. The fraction of sp³-hybridized carbons (Fsp3) is 0.316. The Morgan fingerprint density at radius 3 is 2.29 bits per heavy atom. The molecule has 0 aliphatic rings. The Bertz CT molecular complexity index is 1050. The van der Waals surface area contributed by atoms with E-state index in [1.54, 1.807) is 6.07 Å². The highest BCUT2D eigenvalue weighted by atomic mass is 32.2. The molecule has 9 heteroatoms. The van der Waals surface area contributed by atoms with Crippen LogP contribution in [0.3, 0.4) is 0 Å². The lowest BCUT2D eigenvalue weighted by Crippen LogP contribution is -2.11. The average Bonchev–Trinajstić information content (AvgIpc) is 2.53. The van der Waals surface area contributed by atoms with Gasteiger partial charge in [-0.2, -0.15) is 13.5 Å². The van der Waals surface area contributed by atoms with Gasteiger partial charge in [0.1, 0.15) is 16.3 Å². The maximum absolute atomic E-state index is 11.6. The molecule has 0 saturated heterocycles. The Labute approximate surface area is 164 Å². The second-order valence-corrected chi connectivity index (χ2v) is 8.86. The highest BCUT2D eigenvalue weighted by molar-refractivity contribution is 7.86. The molecule has 0 aromatic heterocycles. The van der Waals surface area contributed by atoms with E-state index in [1.807, 2.05) is 33.8 Å². The van der Waals surface area contributed by atoms with Gasteiger partial charge in [0.2, 0.25) is 5.91 Å². The molecule has 0 spiro atoms. The maximum atomic E-state index is 11.6. The van der Waals surface area contributed by atoms with Crippen molar-refractivity contribution in [2.75, 3.05) is 5.32 Å². The van der Waals surface area contributed by atoms with Crippen LogP contribution in [0.15, 0.2) is 45.5 Å². The quantitative estimate of drug-likeness (QED) is 0.505. The van der Waals surface area contributed by atoms with Gasteiger partial charge in [-0.15, -0.1) is 5.11 Å². The van der Waals surface area contributed by atoms with Crippen LogP contribution in [0.5, 0.6) is 5.75 Å². The van der Waals surface area contributed by atoms with Crippen molar-refractivity contribution < 1.29 is 22.9 Å². The number of hydrogen-bond acceptors (Lipinski definition) is 6. The van der Waals surface area contributed by atoms with Gasteiger partial charge in [0, 0.05) is 12.5 Å². The number of nitrogens with zero attached hydrogens (tertiary/aromatic N) is 2. The van der Waals surface area contributed by atoms with Crippen LogP contribution in [0.1, 0.15) is 38.8 Å². The van der Waals surface area contributed by atoms with Crippen LogP contribution in [-0.2, 0) is 20.3 Å². The van der Waals surface area contributed by atoms with E-state index in [0.29, 0.717) is 5.56 Å². The number of carbonyl (C=O) groups is 1. The van der Waals surface area contributed by atoms with Gasteiger partial charge in [-0.1, -0.05) is 26.8 Å². The van der Waals surface area contributed by atoms with Gasteiger partial charge < -0.3 is 10.4 Å². The Kier molecular flexibility index (Phi) is 5.91. The van der Waals surface area contributed by atoms with Gasteiger partial charge in [-0.3, -0.25) is 9.35 Å². The van der Waals surface area contributed by atoms with Crippen molar-refractivity contribution in [3.05, 3.63) is 41.5 Å². The predicted octanol–water partition coefficient (Wildman–Crippen LogP) is 4.62. The molecule has 0 heterocycles. The van der Waals surface area contributed by atoms with Crippen LogP contribution in [0, 0.1) is 6.92 Å². The number of aromatic hydroxyl groups is 1. The summed E-state index contributed by atoms with van der Waals surface area (Å²) in [5, 5.41) is 20.9. The average molecular weight is 405 g/mol. The van der Waals surface area contributed by atoms with E-state index in [4.69, 9.17) is 0 Å². The first-order valence-electron chi connectivity index (χ1n) is 8.44. The summed E-state index contributed by atoms with van der Waals surface area (Å²) >= 11 is 0. The Hall–Kier alpha value is -2.78. The van der Waals surface area contributed by atoms with Crippen molar-refractivity contribution >= 4 is 33.1 Å². The highest BCUT2D eigenvalue weighted by Gasteiger charge is 2.21. The largest absolute Gasteiger partial charge is 0.505 e. The van der Waals surface area contributed by atoms with Gasteiger partial charge in [-0.05, 0) is 42.2 Å². The number of benzene rings is 2. The third-order valence-electron chi connectivity index (χ3n) is 3.87. The first kappa shape index (κ1) is 21.5. The summed E-state index contributed by atoms with van der Waals surface area (Å²) in [6, 6.07) is 7.34. The van der Waals surface area contributed by atoms with E-state index in [-0.39, 0.29) is 28.2 Å². The van der Waals surface area contributed by atoms with Crippen LogP contribution in [0.2, 0.25) is 0 Å². The van der Waals surface area contributed by atoms with E-state index in [9.17, 15) is 22.9 Å². The molecule has 1 amide bonds. The fourth-order valence-electron chi connectivity index (χ4n) is 2.60. The van der Waals surface area contributed by atoms with Gasteiger partial charge in [-0.25, -0.2) is 0 Å². The second kappa shape index (κ2) is 7.69. The van der Waals surface area contributed by atoms with E-state index in [0.717, 1.165) is 11.6 Å². The first-order valence-corrected chi connectivity index (χ1v) is 9.88. The molecule has 0 fully saturated rings. The summed E-state index contributed by atoms with van der Waals surface area (Å²) in [5.74, 6) is -0.495. The van der Waals surface area contributed by atoms with Gasteiger partial charge in [0.15, 0.2) is 0 Å². The lowest BCUT2D eigenvalue weighted by molar-refractivity contribution is -0.114. The minimum absolute atomic E-state index is 0.00767. The summed E-state index contributed by atoms with van der Waals surface area (Å²) in [6.07, 6.45) is 0. The maximum Gasteiger partial charge on any atom is 0.296 e. The van der Waals surface area contributed by atoms with Crippen LogP contribution in [-0.4, -0.2) is 24.0 Å². The SMILES string of the molecule is CC(=O)Nc1ccc(N=Nc2cc(C)cc(C(C)(C)C)c2O)cc1S(=O)(=O)O. The van der Waals surface area contributed by atoms with Crippen molar-refractivity contribution in [3.8, 4) is 5.75 Å². The van der Waals surface area contributed by atoms with Crippen molar-refractivity contribution in [3.63, 3.8) is 0 Å². The minimum atomic E-state index is -4.59. The van der Waals surface area contributed by atoms with Gasteiger partial charge in [0.05, 0.1) is 11.4 Å². The molecule has 2 aromatic rings. The molecule has 8 nitrogen and oxygen atoms in total. The van der Waals surface area contributed by atoms with E-state index < -0.39 is 20.9 Å². The number of phenols is 1. The molecule has 2 aromatic carbocycles. The molecule has 0 saturated carbocycles. The topological polar surface area (TPSA) is 128 Å². The number of azo groups is 1. The summed E-state index contributed by atoms with van der Waals surface area (Å²) in [4.78, 5) is 10.7. The monoisotopic (exact) mass is 405 g/mol. The molecule has 0 unspecified atom stereocenters. The summed E-state index contributed by atoms with van der Waals surface area (Å²) in [7, 11) is -4.59. The second-order valence-electron chi connectivity index (χ2n) is 7.47. The van der Waals surface area contributed by atoms with Crippen molar-refractivity contribution in [1.82, 2.24) is 0 Å². The van der Waals surface area contributed by atoms with Crippen molar-refractivity contribution in [1.29, 1.82) is 0 Å². The van der Waals surface area contributed by atoms with E-state index >= 15 is 0 Å². The molecule has 2 rings (SSSR count). The van der Waals surface area contributed by atoms with Gasteiger partial charge >= 0.3 is 0 Å². The zero-order valence-corrected chi connectivity index (χ0v) is 17.1. The fourth-order valence-corrected chi connectivity index (χ4v) is 3.27. The third kappa shape index (κ3) is 5.14. The summed E-state index contributed by atoms with van der Waals surface area (Å²) in [6.45, 7) is 8.96. The lowest BCUT2D eigenvalue weighted by atomic mass is 9.85. The molecule has 28 heavy (non-hydrogen) atoms. The Morgan fingerprint density at radius 1 is 1.11 bits per heavy atom. The predicted molar refractivity (Wildman–Crippen MR) is 106 cm³/mol. The Morgan fingerprint density at radius 2 is 1.75 bits per heavy atom. The molecular weight excluding hydrogens is 382 g/mol. The molecular formula is C19H23N3O5S. The van der Waals surface area contributed by atoms with Crippen molar-refractivity contribution in [2.45, 2.75) is 44.9 Å². The number of aryl methyl sites for hydroxylation is 1. The number of phenolic OH excluding ortho intramolecular Hbond substituents is 1.